The molecule has 0 radical (unpaired) electrons. The number of phenols is 1. The number of rotatable bonds is 4. The molecule has 0 aliphatic carbocycles. The van der Waals surface area contributed by atoms with Crippen molar-refractivity contribution < 1.29 is 15.0 Å². The van der Waals surface area contributed by atoms with Gasteiger partial charge in [-0.3, -0.25) is 4.79 Å². The minimum absolute atomic E-state index is 0.108. The lowest BCUT2D eigenvalue weighted by Crippen LogP contribution is -2.01. The van der Waals surface area contributed by atoms with Crippen molar-refractivity contribution in [2.75, 3.05) is 0 Å². The van der Waals surface area contributed by atoms with Gasteiger partial charge in [-0.15, -0.1) is 0 Å². The van der Waals surface area contributed by atoms with Crippen molar-refractivity contribution in [2.24, 2.45) is 0 Å². The van der Waals surface area contributed by atoms with Crippen molar-refractivity contribution in [3.05, 3.63) is 66.0 Å². The van der Waals surface area contributed by atoms with E-state index >= 15 is 0 Å². The fraction of sp³-hybridized carbons (Fsp3) is 0.0714. The average molecular weight is 230 g/mol. The van der Waals surface area contributed by atoms with Crippen LogP contribution in [0.3, 0.4) is 0 Å². The van der Waals surface area contributed by atoms with Gasteiger partial charge in [0.2, 0.25) is 0 Å². The first kappa shape index (κ1) is 12.8. The van der Waals surface area contributed by atoms with E-state index in [4.69, 9.17) is 10.2 Å². The molecular formula is C14H14O3. The maximum absolute atomic E-state index is 12.0. The van der Waals surface area contributed by atoms with Crippen LogP contribution in [0.1, 0.15) is 17.3 Å². The normalized spacial score (nSPS) is 11.7. The van der Waals surface area contributed by atoms with Gasteiger partial charge < -0.3 is 10.2 Å². The molecule has 1 rings (SSSR count). The van der Waals surface area contributed by atoms with Crippen molar-refractivity contribution >= 4 is 5.78 Å². The van der Waals surface area contributed by atoms with Gasteiger partial charge in [0.05, 0.1) is 0 Å². The first-order chi connectivity index (χ1) is 8.04. The van der Waals surface area contributed by atoms with Crippen molar-refractivity contribution in [3.63, 3.8) is 0 Å². The van der Waals surface area contributed by atoms with Crippen LogP contribution in [0.5, 0.6) is 5.75 Å². The molecule has 2 N–H and O–H groups in total. The summed E-state index contributed by atoms with van der Waals surface area (Å²) in [6.07, 6.45) is 4.50. The third kappa shape index (κ3) is 3.65. The van der Waals surface area contributed by atoms with Gasteiger partial charge in [0.1, 0.15) is 11.5 Å². The third-order valence-electron chi connectivity index (χ3n) is 2.16. The molecule has 0 atom stereocenters. The fourth-order valence-corrected chi connectivity index (χ4v) is 1.27. The maximum Gasteiger partial charge on any atom is 0.192 e. The molecule has 0 aliphatic rings. The Bertz CT molecular complexity index is 479. The Morgan fingerprint density at radius 1 is 1.24 bits per heavy atom. The monoisotopic (exact) mass is 230 g/mol. The Kier molecular flexibility index (Phi) is 4.29. The number of aliphatic hydroxyl groups is 1. The van der Waals surface area contributed by atoms with Crippen LogP contribution >= 0.6 is 0 Å². The predicted octanol–water partition coefficient (Wildman–Crippen LogP) is 3.15. The highest BCUT2D eigenvalue weighted by atomic mass is 16.3. The number of carbonyl (C=O) groups is 1. The third-order valence-corrected chi connectivity index (χ3v) is 2.16. The number of ketones is 1. The zero-order valence-electron chi connectivity index (χ0n) is 9.55. The molecule has 3 heteroatoms. The Morgan fingerprint density at radius 3 is 2.29 bits per heavy atom. The van der Waals surface area contributed by atoms with E-state index in [1.54, 1.807) is 25.1 Å². The molecule has 1 aromatic carbocycles. The molecule has 0 unspecified atom stereocenters. The van der Waals surface area contributed by atoms with Gasteiger partial charge >= 0.3 is 0 Å². The molecule has 0 saturated heterocycles. The maximum atomic E-state index is 12.0. The van der Waals surface area contributed by atoms with E-state index in [1.807, 2.05) is 0 Å². The number of benzene rings is 1. The molecule has 0 fully saturated rings. The minimum Gasteiger partial charge on any atom is -0.509 e. The molecule has 88 valence electrons. The van der Waals surface area contributed by atoms with E-state index in [9.17, 15) is 4.79 Å². The summed E-state index contributed by atoms with van der Waals surface area (Å²) in [5.74, 6) is -0.171. The summed E-state index contributed by atoms with van der Waals surface area (Å²) in [5, 5.41) is 18.1. The number of aliphatic hydroxyl groups excluding tert-OH is 1. The average Bonchev–Trinajstić information content (AvgIpc) is 2.30. The van der Waals surface area contributed by atoms with Crippen LogP contribution in [-0.2, 0) is 0 Å². The summed E-state index contributed by atoms with van der Waals surface area (Å²) < 4.78 is 0. The zero-order chi connectivity index (χ0) is 12.8. The first-order valence-corrected chi connectivity index (χ1v) is 5.10. The van der Waals surface area contributed by atoms with Gasteiger partial charge in [-0.25, -0.2) is 0 Å². The predicted molar refractivity (Wildman–Crippen MR) is 67.1 cm³/mol. The summed E-state index contributed by atoms with van der Waals surface area (Å²) in [7, 11) is 0. The molecule has 1 aromatic rings. The van der Waals surface area contributed by atoms with Crippen LogP contribution in [0.2, 0.25) is 0 Å². The largest absolute Gasteiger partial charge is 0.509 e. The van der Waals surface area contributed by atoms with Crippen LogP contribution in [0, 0.1) is 0 Å². The Morgan fingerprint density at radius 2 is 1.82 bits per heavy atom. The molecule has 0 aromatic heterocycles. The lowest BCUT2D eigenvalue weighted by atomic mass is 10.0. The van der Waals surface area contributed by atoms with Gasteiger partial charge in [-0.2, -0.15) is 0 Å². The van der Waals surface area contributed by atoms with Crippen LogP contribution in [0.15, 0.2) is 60.4 Å². The second-order valence-electron chi connectivity index (χ2n) is 3.44. The molecule has 3 nitrogen and oxygen atoms in total. The summed E-state index contributed by atoms with van der Waals surface area (Å²) in [6.45, 7) is 5.04. The number of hydrogen-bond donors (Lipinski definition) is 2. The van der Waals surface area contributed by atoms with Crippen molar-refractivity contribution in [1.82, 2.24) is 0 Å². The van der Waals surface area contributed by atoms with Crippen molar-refractivity contribution in [1.29, 1.82) is 0 Å². The smallest absolute Gasteiger partial charge is 0.192 e. The number of allylic oxidation sites excluding steroid dienone is 4. The van der Waals surface area contributed by atoms with Crippen LogP contribution < -0.4 is 0 Å². The molecule has 0 bridgehead atoms. The van der Waals surface area contributed by atoms with E-state index in [-0.39, 0.29) is 17.3 Å². The van der Waals surface area contributed by atoms with Crippen LogP contribution in [-0.4, -0.2) is 16.0 Å². The van der Waals surface area contributed by atoms with Crippen LogP contribution in [0.4, 0.5) is 0 Å². The van der Waals surface area contributed by atoms with E-state index in [2.05, 4.69) is 6.58 Å². The highest BCUT2D eigenvalue weighted by molar-refractivity contribution is 6.10. The summed E-state index contributed by atoms with van der Waals surface area (Å²) in [5.41, 5.74) is 0.926. The Hall–Kier alpha value is -2.29. The van der Waals surface area contributed by atoms with Gasteiger partial charge in [0.15, 0.2) is 5.78 Å². The van der Waals surface area contributed by atoms with Crippen molar-refractivity contribution in [2.45, 2.75) is 6.92 Å². The Labute approximate surface area is 100 Å². The molecule has 0 heterocycles. The quantitative estimate of drug-likeness (QED) is 0.361. The summed E-state index contributed by atoms with van der Waals surface area (Å²) in [6, 6.07) is 6.00. The number of hydrogen-bond acceptors (Lipinski definition) is 3. The number of carbonyl (C=O) groups excluding carboxylic acids is 1. The topological polar surface area (TPSA) is 57.5 Å². The van der Waals surface area contributed by atoms with E-state index in [0.717, 1.165) is 0 Å². The molecule has 0 aliphatic heterocycles. The lowest BCUT2D eigenvalue weighted by molar-refractivity contribution is 0.103. The van der Waals surface area contributed by atoms with Gasteiger partial charge in [-0.05, 0) is 43.3 Å². The summed E-state index contributed by atoms with van der Waals surface area (Å²) in [4.78, 5) is 12.0. The minimum atomic E-state index is -0.176. The fourth-order valence-electron chi connectivity index (χ4n) is 1.27. The van der Waals surface area contributed by atoms with E-state index in [0.29, 0.717) is 11.1 Å². The Balaban J connectivity index is 2.95. The summed E-state index contributed by atoms with van der Waals surface area (Å²) >= 11 is 0. The highest BCUT2D eigenvalue weighted by Crippen LogP contribution is 2.14. The zero-order valence-corrected chi connectivity index (χ0v) is 9.55. The van der Waals surface area contributed by atoms with Crippen molar-refractivity contribution in [3.8, 4) is 5.75 Å². The second kappa shape index (κ2) is 5.70. The van der Waals surface area contributed by atoms with Gasteiger partial charge in [0, 0.05) is 11.1 Å². The molecule has 17 heavy (non-hydrogen) atoms. The standard InChI is InChI=1S/C14H14O3/c1-3-11(5-4-10(2)15)14(17)12-6-8-13(16)9-7-12/h3-9,15-16H,2H2,1H3/b5-4-,11-3+. The van der Waals surface area contributed by atoms with Gasteiger partial charge in [0.25, 0.3) is 0 Å². The molecule has 0 saturated carbocycles. The number of aromatic hydroxyl groups is 1. The molecule has 0 spiro atoms. The SMILES string of the molecule is C=C(O)/C=C\C(=C/C)C(=O)c1ccc(O)cc1. The first-order valence-electron chi connectivity index (χ1n) is 5.10. The lowest BCUT2D eigenvalue weighted by Gasteiger charge is -2.01. The molecular weight excluding hydrogens is 216 g/mol. The van der Waals surface area contributed by atoms with E-state index in [1.165, 1.54) is 24.3 Å². The number of Topliss-reactive ketones (excluding diaryl/α,β-unsaturated/α-hetero) is 1. The number of phenolic OH excluding ortho intramolecular Hbond substituents is 1. The van der Waals surface area contributed by atoms with Gasteiger partial charge in [-0.1, -0.05) is 12.7 Å². The highest BCUT2D eigenvalue weighted by Gasteiger charge is 2.08. The van der Waals surface area contributed by atoms with Crippen LogP contribution in [0.25, 0.3) is 0 Å². The molecule has 0 amide bonds. The second-order valence-corrected chi connectivity index (χ2v) is 3.44. The van der Waals surface area contributed by atoms with E-state index < -0.39 is 0 Å².